The van der Waals surface area contributed by atoms with Gasteiger partial charge in [0.05, 0.1) is 10.6 Å². The van der Waals surface area contributed by atoms with Crippen molar-refractivity contribution in [3.63, 3.8) is 0 Å². The van der Waals surface area contributed by atoms with Crippen LogP contribution in [0.1, 0.15) is 18.3 Å². The van der Waals surface area contributed by atoms with E-state index in [-0.39, 0.29) is 0 Å². The second-order valence-electron chi connectivity index (χ2n) is 5.70. The summed E-state index contributed by atoms with van der Waals surface area (Å²) in [5.41, 5.74) is 2.20. The highest BCUT2D eigenvalue weighted by Gasteiger charge is 2.14. The number of thiophene rings is 1. The lowest BCUT2D eigenvalue weighted by Gasteiger charge is -2.00. The summed E-state index contributed by atoms with van der Waals surface area (Å²) in [5.74, 6) is 2.64. The molecule has 0 fully saturated rings. The monoisotopic (exact) mass is 383 g/mol. The van der Waals surface area contributed by atoms with E-state index in [1.807, 2.05) is 41.3 Å². The Bertz CT molecular complexity index is 1010. The van der Waals surface area contributed by atoms with Gasteiger partial charge in [-0.3, -0.25) is 0 Å². The van der Waals surface area contributed by atoms with Crippen molar-refractivity contribution in [2.45, 2.75) is 24.3 Å². The average molecular weight is 384 g/mol. The van der Waals surface area contributed by atoms with Crippen molar-refractivity contribution >= 4 is 23.1 Å². The normalized spacial score (nSPS) is 11.2. The predicted octanol–water partition coefficient (Wildman–Crippen LogP) is 4.45. The fraction of sp³-hybridized carbons (Fsp3) is 0.222. The molecule has 0 amide bonds. The highest BCUT2D eigenvalue weighted by atomic mass is 32.2. The van der Waals surface area contributed by atoms with Gasteiger partial charge in [-0.15, -0.1) is 21.5 Å². The zero-order chi connectivity index (χ0) is 17.9. The molecule has 6 nitrogen and oxygen atoms in total. The quantitative estimate of drug-likeness (QED) is 0.458. The van der Waals surface area contributed by atoms with E-state index in [4.69, 9.17) is 4.52 Å². The molecule has 3 heterocycles. The minimum atomic E-state index is 0.549. The molecular weight excluding hydrogens is 366 g/mol. The van der Waals surface area contributed by atoms with Crippen molar-refractivity contribution in [3.05, 3.63) is 53.2 Å². The molecular formula is C18H17N5OS2. The van der Waals surface area contributed by atoms with E-state index in [0.717, 1.165) is 27.8 Å². The molecule has 0 atom stereocenters. The van der Waals surface area contributed by atoms with Crippen LogP contribution in [0.3, 0.4) is 0 Å². The molecule has 0 aliphatic carbocycles. The first-order chi connectivity index (χ1) is 12.7. The predicted molar refractivity (Wildman–Crippen MR) is 103 cm³/mol. The molecule has 0 saturated heterocycles. The first kappa shape index (κ1) is 17.0. The molecule has 1 aromatic carbocycles. The van der Waals surface area contributed by atoms with Crippen LogP contribution in [0, 0.1) is 0 Å². The van der Waals surface area contributed by atoms with Gasteiger partial charge in [-0.25, -0.2) is 0 Å². The Labute approximate surface area is 159 Å². The van der Waals surface area contributed by atoms with Crippen LogP contribution in [0.2, 0.25) is 0 Å². The minimum absolute atomic E-state index is 0.549. The molecule has 0 aliphatic heterocycles. The highest BCUT2D eigenvalue weighted by molar-refractivity contribution is 7.98. The summed E-state index contributed by atoms with van der Waals surface area (Å²) < 4.78 is 7.41. The lowest BCUT2D eigenvalue weighted by Crippen LogP contribution is -1.94. The summed E-state index contributed by atoms with van der Waals surface area (Å²) >= 11 is 3.19. The van der Waals surface area contributed by atoms with Crippen molar-refractivity contribution in [3.8, 4) is 22.2 Å². The Morgan fingerprint density at radius 1 is 1.19 bits per heavy atom. The van der Waals surface area contributed by atoms with E-state index in [0.29, 0.717) is 17.5 Å². The number of hydrogen-bond acceptors (Lipinski definition) is 7. The molecule has 0 unspecified atom stereocenters. The van der Waals surface area contributed by atoms with Crippen LogP contribution in [0.25, 0.3) is 22.2 Å². The molecule has 0 bridgehead atoms. The summed E-state index contributed by atoms with van der Waals surface area (Å²) in [4.78, 5) is 5.60. The summed E-state index contributed by atoms with van der Waals surface area (Å²) in [7, 11) is 1.97. The van der Waals surface area contributed by atoms with Gasteiger partial charge < -0.3 is 9.09 Å². The largest absolute Gasteiger partial charge is 0.334 e. The molecule has 0 saturated carbocycles. The van der Waals surface area contributed by atoms with Crippen molar-refractivity contribution < 1.29 is 4.52 Å². The van der Waals surface area contributed by atoms with E-state index in [1.54, 1.807) is 23.1 Å². The van der Waals surface area contributed by atoms with Gasteiger partial charge in [-0.1, -0.05) is 42.0 Å². The molecule has 4 rings (SSSR count). The Morgan fingerprint density at radius 2 is 2.12 bits per heavy atom. The molecule has 4 aromatic rings. The highest BCUT2D eigenvalue weighted by Crippen LogP contribution is 2.27. The molecule has 26 heavy (non-hydrogen) atoms. The van der Waals surface area contributed by atoms with Gasteiger partial charge in [0.15, 0.2) is 16.8 Å². The standard InChI is InChI=1S/C18H17N5OS2/c1-3-12-6-4-7-13(10-12)17-19-15(22-24-17)11-26-18-21-20-16(23(18)2)14-8-5-9-25-14/h4-10H,3,11H2,1-2H3. The second kappa shape index (κ2) is 7.43. The number of aryl methyl sites for hydroxylation is 1. The Balaban J connectivity index is 1.47. The van der Waals surface area contributed by atoms with Gasteiger partial charge >= 0.3 is 0 Å². The molecule has 0 N–H and O–H groups in total. The van der Waals surface area contributed by atoms with Crippen molar-refractivity contribution in [2.75, 3.05) is 0 Å². The van der Waals surface area contributed by atoms with Crippen LogP contribution in [0.15, 0.2) is 51.5 Å². The van der Waals surface area contributed by atoms with Crippen molar-refractivity contribution in [1.29, 1.82) is 0 Å². The maximum atomic E-state index is 5.42. The molecule has 0 radical (unpaired) electrons. The van der Waals surface area contributed by atoms with Gasteiger partial charge in [-0.05, 0) is 35.6 Å². The van der Waals surface area contributed by atoms with E-state index in [2.05, 4.69) is 39.4 Å². The van der Waals surface area contributed by atoms with Gasteiger partial charge in [0.2, 0.25) is 0 Å². The van der Waals surface area contributed by atoms with E-state index in [9.17, 15) is 0 Å². The smallest absolute Gasteiger partial charge is 0.257 e. The summed E-state index contributed by atoms with van der Waals surface area (Å²) in [6.07, 6.45) is 0.976. The lowest BCUT2D eigenvalue weighted by atomic mass is 10.1. The third-order valence-corrected chi connectivity index (χ3v) is 5.84. The first-order valence-electron chi connectivity index (χ1n) is 8.22. The number of nitrogens with zero attached hydrogens (tertiary/aromatic N) is 5. The maximum Gasteiger partial charge on any atom is 0.257 e. The van der Waals surface area contributed by atoms with Crippen LogP contribution in [-0.2, 0) is 19.2 Å². The number of rotatable bonds is 6. The molecule has 8 heteroatoms. The van der Waals surface area contributed by atoms with Crippen LogP contribution in [0.5, 0.6) is 0 Å². The number of hydrogen-bond donors (Lipinski definition) is 0. The summed E-state index contributed by atoms with van der Waals surface area (Å²) in [5, 5.41) is 15.5. The maximum absolute atomic E-state index is 5.42. The van der Waals surface area contributed by atoms with Crippen LogP contribution in [0.4, 0.5) is 0 Å². The van der Waals surface area contributed by atoms with Gasteiger partial charge in [0.1, 0.15) is 0 Å². The average Bonchev–Trinajstić information content (AvgIpc) is 3.41. The van der Waals surface area contributed by atoms with Crippen LogP contribution < -0.4 is 0 Å². The lowest BCUT2D eigenvalue weighted by molar-refractivity contribution is 0.425. The Kier molecular flexibility index (Phi) is 4.85. The van der Waals surface area contributed by atoms with Crippen LogP contribution >= 0.6 is 23.1 Å². The minimum Gasteiger partial charge on any atom is -0.334 e. The Hall–Kier alpha value is -2.45. The summed E-state index contributed by atoms with van der Waals surface area (Å²) in [6, 6.07) is 12.2. The second-order valence-corrected chi connectivity index (χ2v) is 7.59. The molecule has 0 aliphatic rings. The third-order valence-electron chi connectivity index (χ3n) is 3.96. The number of benzene rings is 1. The van der Waals surface area contributed by atoms with E-state index >= 15 is 0 Å². The molecule has 132 valence electrons. The SMILES string of the molecule is CCc1cccc(-c2nc(CSc3nnc(-c4cccs4)n3C)no2)c1. The van der Waals surface area contributed by atoms with Gasteiger partial charge in [-0.2, -0.15) is 4.98 Å². The summed E-state index contributed by atoms with van der Waals surface area (Å²) in [6.45, 7) is 2.13. The van der Waals surface area contributed by atoms with E-state index in [1.165, 1.54) is 5.56 Å². The van der Waals surface area contributed by atoms with Gasteiger partial charge in [0.25, 0.3) is 5.89 Å². The third kappa shape index (κ3) is 3.42. The number of aromatic nitrogens is 5. The fourth-order valence-corrected chi connectivity index (χ4v) is 4.04. The number of thioether (sulfide) groups is 1. The molecule has 3 aromatic heterocycles. The fourth-order valence-electron chi connectivity index (χ4n) is 2.54. The van der Waals surface area contributed by atoms with E-state index < -0.39 is 0 Å². The topological polar surface area (TPSA) is 69.6 Å². The first-order valence-corrected chi connectivity index (χ1v) is 10.1. The zero-order valence-corrected chi connectivity index (χ0v) is 16.0. The Morgan fingerprint density at radius 3 is 2.92 bits per heavy atom. The zero-order valence-electron chi connectivity index (χ0n) is 14.4. The van der Waals surface area contributed by atoms with Crippen molar-refractivity contribution in [1.82, 2.24) is 24.9 Å². The molecule has 0 spiro atoms. The van der Waals surface area contributed by atoms with Gasteiger partial charge in [0, 0.05) is 12.6 Å². The van der Waals surface area contributed by atoms with Crippen molar-refractivity contribution in [2.24, 2.45) is 7.05 Å². The van der Waals surface area contributed by atoms with Crippen LogP contribution in [-0.4, -0.2) is 24.9 Å².